The van der Waals surface area contributed by atoms with Crippen molar-refractivity contribution in [1.82, 2.24) is 0 Å². The fourth-order valence-corrected chi connectivity index (χ4v) is 3.22. The number of nitrogens with zero attached hydrogens (tertiary/aromatic N) is 2. The van der Waals surface area contributed by atoms with E-state index >= 15 is 0 Å². The van der Waals surface area contributed by atoms with Gasteiger partial charge in [-0.3, -0.25) is 19.7 Å². The highest BCUT2D eigenvalue weighted by Gasteiger charge is 2.40. The summed E-state index contributed by atoms with van der Waals surface area (Å²) in [5.41, 5.74) is -1.23. The third-order valence-corrected chi connectivity index (χ3v) is 4.62. The van der Waals surface area contributed by atoms with Crippen molar-refractivity contribution in [2.24, 2.45) is 5.41 Å². The van der Waals surface area contributed by atoms with Crippen LogP contribution in [0.4, 0.5) is 11.4 Å². The van der Waals surface area contributed by atoms with E-state index in [-0.39, 0.29) is 23.4 Å². The summed E-state index contributed by atoms with van der Waals surface area (Å²) < 4.78 is 0. The highest BCUT2D eigenvalue weighted by molar-refractivity contribution is 5.95. The first-order chi connectivity index (χ1) is 11.9. The van der Waals surface area contributed by atoms with Crippen LogP contribution in [0.3, 0.4) is 0 Å². The van der Waals surface area contributed by atoms with Crippen LogP contribution in [-0.4, -0.2) is 21.9 Å². The van der Waals surface area contributed by atoms with Gasteiger partial charge in [0.2, 0.25) is 5.91 Å². The van der Waals surface area contributed by atoms with E-state index in [2.05, 4.69) is 5.32 Å². The molecule has 0 spiro atoms. The molecule has 1 saturated carbocycles. The fourth-order valence-electron chi connectivity index (χ4n) is 3.22. The van der Waals surface area contributed by atoms with Gasteiger partial charge in [0.05, 0.1) is 21.6 Å². The van der Waals surface area contributed by atoms with Crippen LogP contribution in [0, 0.1) is 26.9 Å². The highest BCUT2D eigenvalue weighted by atomic mass is 16.6. The number of carboxylic acid groups (broad SMARTS) is 1. The monoisotopic (exact) mass is 345 g/mol. The van der Waals surface area contributed by atoms with E-state index in [4.69, 9.17) is 5.26 Å². The number of rotatable bonds is 5. The van der Waals surface area contributed by atoms with Gasteiger partial charge in [-0.05, 0) is 18.9 Å². The van der Waals surface area contributed by atoms with Crippen LogP contribution in [0.1, 0.15) is 50.5 Å². The van der Waals surface area contributed by atoms with Crippen LogP contribution < -0.4 is 5.32 Å². The molecule has 0 heterocycles. The Morgan fingerprint density at radius 2 is 1.92 bits per heavy atom. The number of non-ortho nitro benzene ring substituents is 1. The predicted molar refractivity (Wildman–Crippen MR) is 88.8 cm³/mol. The van der Waals surface area contributed by atoms with Crippen molar-refractivity contribution in [3.63, 3.8) is 0 Å². The molecule has 1 aromatic carbocycles. The average Bonchev–Trinajstić information content (AvgIpc) is 2.81. The highest BCUT2D eigenvalue weighted by Crippen LogP contribution is 2.39. The minimum absolute atomic E-state index is 0.0345. The van der Waals surface area contributed by atoms with Gasteiger partial charge in [-0.1, -0.05) is 25.7 Å². The molecule has 1 fully saturated rings. The lowest BCUT2D eigenvalue weighted by Crippen LogP contribution is -2.35. The van der Waals surface area contributed by atoms with Gasteiger partial charge in [0.25, 0.3) is 5.69 Å². The van der Waals surface area contributed by atoms with Crippen LogP contribution in [-0.2, 0) is 9.59 Å². The number of anilines is 1. The molecule has 0 unspecified atom stereocenters. The Morgan fingerprint density at radius 3 is 2.44 bits per heavy atom. The maximum Gasteiger partial charge on any atom is 0.310 e. The van der Waals surface area contributed by atoms with E-state index in [1.165, 1.54) is 12.1 Å². The van der Waals surface area contributed by atoms with Crippen LogP contribution in [0.15, 0.2) is 18.2 Å². The largest absolute Gasteiger partial charge is 0.481 e. The number of carboxylic acids is 1. The molecule has 8 nitrogen and oxygen atoms in total. The molecular formula is C17H19N3O5. The number of amides is 1. The number of carbonyl (C=O) groups is 2. The molecule has 0 atom stereocenters. The van der Waals surface area contributed by atoms with Gasteiger partial charge >= 0.3 is 5.97 Å². The molecule has 0 radical (unpaired) electrons. The predicted octanol–water partition coefficient (Wildman–Crippen LogP) is 3.22. The minimum Gasteiger partial charge on any atom is -0.481 e. The third kappa shape index (κ3) is 4.32. The maximum absolute atomic E-state index is 12.4. The zero-order valence-electron chi connectivity index (χ0n) is 13.7. The summed E-state index contributed by atoms with van der Waals surface area (Å²) in [7, 11) is 0. The van der Waals surface area contributed by atoms with Gasteiger partial charge in [0.15, 0.2) is 0 Å². The molecule has 132 valence electrons. The standard InChI is InChI=1S/C17H19N3O5/c18-11-12-9-13(20(24)25)5-6-14(12)19-15(21)10-17(16(22)23)7-3-1-2-4-8-17/h5-6,9H,1-4,7-8,10H2,(H,19,21)(H,22,23). The van der Waals surface area contributed by atoms with Gasteiger partial charge in [-0.15, -0.1) is 0 Å². The van der Waals surface area contributed by atoms with Gasteiger partial charge in [0, 0.05) is 18.6 Å². The first-order valence-electron chi connectivity index (χ1n) is 8.10. The van der Waals surface area contributed by atoms with Gasteiger partial charge < -0.3 is 10.4 Å². The van der Waals surface area contributed by atoms with Gasteiger partial charge in [-0.2, -0.15) is 5.26 Å². The second-order valence-electron chi connectivity index (χ2n) is 6.32. The number of carbonyl (C=O) groups excluding carboxylic acids is 1. The van der Waals surface area contributed by atoms with Crippen molar-refractivity contribution in [2.45, 2.75) is 44.9 Å². The molecule has 2 N–H and O–H groups in total. The number of benzene rings is 1. The molecule has 1 aliphatic carbocycles. The smallest absolute Gasteiger partial charge is 0.310 e. The lowest BCUT2D eigenvalue weighted by Gasteiger charge is -2.27. The molecule has 0 aromatic heterocycles. The first kappa shape index (κ1) is 18.4. The summed E-state index contributed by atoms with van der Waals surface area (Å²) in [5, 5.41) is 32.0. The number of hydrogen-bond donors (Lipinski definition) is 2. The summed E-state index contributed by atoms with van der Waals surface area (Å²) in [4.78, 5) is 34.3. The molecule has 0 bridgehead atoms. The van der Waals surface area contributed by atoms with Crippen molar-refractivity contribution >= 4 is 23.3 Å². The van der Waals surface area contributed by atoms with Crippen molar-refractivity contribution in [3.8, 4) is 6.07 Å². The lowest BCUT2D eigenvalue weighted by atomic mass is 9.77. The average molecular weight is 345 g/mol. The Balaban J connectivity index is 2.17. The summed E-state index contributed by atoms with van der Waals surface area (Å²) in [6, 6.07) is 5.36. The molecule has 8 heteroatoms. The van der Waals surface area contributed by atoms with Crippen LogP contribution in [0.5, 0.6) is 0 Å². The molecule has 1 aromatic rings. The molecule has 1 aliphatic rings. The van der Waals surface area contributed by atoms with E-state index in [0.717, 1.165) is 31.7 Å². The van der Waals surface area contributed by atoms with E-state index in [0.29, 0.717) is 12.8 Å². The molecule has 2 rings (SSSR count). The van der Waals surface area contributed by atoms with E-state index < -0.39 is 22.2 Å². The van der Waals surface area contributed by atoms with Crippen LogP contribution >= 0.6 is 0 Å². The Hall–Kier alpha value is -2.95. The maximum atomic E-state index is 12.4. The molecule has 0 aliphatic heterocycles. The van der Waals surface area contributed by atoms with Crippen LogP contribution in [0.2, 0.25) is 0 Å². The Morgan fingerprint density at radius 1 is 1.28 bits per heavy atom. The Kier molecular flexibility index (Phi) is 5.70. The molecular weight excluding hydrogens is 326 g/mol. The normalized spacial score (nSPS) is 16.3. The number of hydrogen-bond acceptors (Lipinski definition) is 5. The summed E-state index contributed by atoms with van der Waals surface area (Å²) >= 11 is 0. The van der Waals surface area contributed by atoms with Crippen molar-refractivity contribution in [2.75, 3.05) is 5.32 Å². The van der Waals surface area contributed by atoms with Crippen molar-refractivity contribution < 1.29 is 19.6 Å². The summed E-state index contributed by atoms with van der Waals surface area (Å²) in [6.07, 6.45) is 4.16. The first-order valence-corrected chi connectivity index (χ1v) is 8.10. The second-order valence-corrected chi connectivity index (χ2v) is 6.32. The Bertz CT molecular complexity index is 730. The molecule has 25 heavy (non-hydrogen) atoms. The SMILES string of the molecule is N#Cc1cc([N+](=O)[O-])ccc1NC(=O)CC1(C(=O)O)CCCCCC1. The van der Waals surface area contributed by atoms with Crippen molar-refractivity contribution in [3.05, 3.63) is 33.9 Å². The van der Waals surface area contributed by atoms with E-state index in [1.54, 1.807) is 6.07 Å². The summed E-state index contributed by atoms with van der Waals surface area (Å²) in [6.45, 7) is 0. The summed E-state index contributed by atoms with van der Waals surface area (Å²) in [5.74, 6) is -1.48. The number of aliphatic carboxylic acids is 1. The zero-order chi connectivity index (χ0) is 18.4. The number of nitro groups is 1. The number of nitriles is 1. The Labute approximate surface area is 144 Å². The quantitative estimate of drug-likeness (QED) is 0.478. The minimum atomic E-state index is -1.09. The van der Waals surface area contributed by atoms with E-state index in [1.807, 2.05) is 0 Å². The molecule has 0 saturated heterocycles. The zero-order valence-corrected chi connectivity index (χ0v) is 13.7. The topological polar surface area (TPSA) is 133 Å². The fraction of sp³-hybridized carbons (Fsp3) is 0.471. The van der Waals surface area contributed by atoms with Gasteiger partial charge in [0.1, 0.15) is 6.07 Å². The van der Waals surface area contributed by atoms with E-state index in [9.17, 15) is 24.8 Å². The number of nitrogens with one attached hydrogen (secondary N) is 1. The number of nitro benzene ring substituents is 1. The van der Waals surface area contributed by atoms with Gasteiger partial charge in [-0.25, -0.2) is 0 Å². The van der Waals surface area contributed by atoms with Crippen molar-refractivity contribution in [1.29, 1.82) is 5.26 Å². The lowest BCUT2D eigenvalue weighted by molar-refractivity contribution is -0.384. The molecule has 1 amide bonds. The van der Waals surface area contributed by atoms with Crippen LogP contribution in [0.25, 0.3) is 0 Å². The second kappa shape index (κ2) is 7.75. The third-order valence-electron chi connectivity index (χ3n) is 4.62.